The predicted molar refractivity (Wildman–Crippen MR) is 98.5 cm³/mol. The molecule has 1 aromatic rings. The van der Waals surface area contributed by atoms with Crippen LogP contribution in [0.3, 0.4) is 0 Å². The van der Waals surface area contributed by atoms with Crippen molar-refractivity contribution in [1.29, 1.82) is 0 Å². The number of carbonyl (C=O) groups is 3. The van der Waals surface area contributed by atoms with Crippen molar-refractivity contribution in [2.24, 2.45) is 17.6 Å². The molecule has 140 valence electrons. The Balaban J connectivity index is 1.62. The molecule has 0 radical (unpaired) electrons. The van der Waals surface area contributed by atoms with Crippen molar-refractivity contribution in [3.8, 4) is 0 Å². The Hall–Kier alpha value is -2.41. The Labute approximate surface area is 153 Å². The first-order chi connectivity index (χ1) is 12.6. The third kappa shape index (κ3) is 4.60. The minimum absolute atomic E-state index is 0.0178. The summed E-state index contributed by atoms with van der Waals surface area (Å²) in [6.07, 6.45) is 3.44. The van der Waals surface area contributed by atoms with Gasteiger partial charge in [0.05, 0.1) is 5.92 Å². The van der Waals surface area contributed by atoms with Crippen LogP contribution in [0.4, 0.5) is 5.69 Å². The summed E-state index contributed by atoms with van der Waals surface area (Å²) in [7, 11) is 0. The number of nitrogens with zero attached hydrogens (tertiary/aromatic N) is 1. The normalized spacial score (nSPS) is 19.7. The van der Waals surface area contributed by atoms with Gasteiger partial charge in [0, 0.05) is 43.3 Å². The molecule has 1 saturated carbocycles. The fraction of sp³-hybridized carbons (Fsp3) is 0.526. The Bertz CT molecular complexity index is 687. The minimum atomic E-state index is -0.197. The van der Waals surface area contributed by atoms with E-state index >= 15 is 0 Å². The van der Waals surface area contributed by atoms with E-state index in [1.54, 1.807) is 29.2 Å². The summed E-state index contributed by atoms with van der Waals surface area (Å²) in [4.78, 5) is 38.6. The van der Waals surface area contributed by atoms with Gasteiger partial charge < -0.3 is 21.3 Å². The van der Waals surface area contributed by atoms with Crippen LogP contribution in [0.25, 0.3) is 0 Å². The summed E-state index contributed by atoms with van der Waals surface area (Å²) in [5.41, 5.74) is 6.59. The van der Waals surface area contributed by atoms with E-state index in [-0.39, 0.29) is 29.6 Å². The molecule has 1 aromatic carbocycles. The minimum Gasteiger partial charge on any atom is -0.355 e. The molecule has 7 heteroatoms. The number of amides is 3. The monoisotopic (exact) mass is 358 g/mol. The van der Waals surface area contributed by atoms with E-state index in [1.807, 2.05) is 0 Å². The van der Waals surface area contributed by atoms with Crippen molar-refractivity contribution in [2.45, 2.75) is 25.7 Å². The maximum absolute atomic E-state index is 12.8. The van der Waals surface area contributed by atoms with Crippen molar-refractivity contribution in [2.75, 3.05) is 31.5 Å². The summed E-state index contributed by atoms with van der Waals surface area (Å²) in [6, 6.07) is 7.01. The second kappa shape index (κ2) is 8.31. The maximum Gasteiger partial charge on any atom is 0.253 e. The third-order valence-corrected chi connectivity index (χ3v) is 4.85. The average Bonchev–Trinajstić information content (AvgIpc) is 3.51. The van der Waals surface area contributed by atoms with Crippen molar-refractivity contribution >= 4 is 23.4 Å². The highest BCUT2D eigenvalue weighted by atomic mass is 16.2. The van der Waals surface area contributed by atoms with Crippen molar-refractivity contribution in [3.63, 3.8) is 0 Å². The lowest BCUT2D eigenvalue weighted by atomic mass is 9.96. The Morgan fingerprint density at radius 1 is 1.12 bits per heavy atom. The smallest absolute Gasteiger partial charge is 0.253 e. The Morgan fingerprint density at radius 3 is 2.65 bits per heavy atom. The molecule has 0 spiro atoms. The van der Waals surface area contributed by atoms with Crippen molar-refractivity contribution in [1.82, 2.24) is 10.2 Å². The van der Waals surface area contributed by atoms with Gasteiger partial charge in [-0.1, -0.05) is 6.07 Å². The number of hydrogen-bond acceptors (Lipinski definition) is 4. The molecule has 0 bridgehead atoms. The molecule has 1 heterocycles. The highest BCUT2D eigenvalue weighted by molar-refractivity contribution is 5.98. The number of anilines is 1. The maximum atomic E-state index is 12.8. The summed E-state index contributed by atoms with van der Waals surface area (Å²) in [6.45, 7) is 1.90. The van der Waals surface area contributed by atoms with Crippen LogP contribution in [0.1, 0.15) is 36.0 Å². The number of rotatable bonds is 6. The molecule has 1 aliphatic carbocycles. The average molecular weight is 358 g/mol. The zero-order valence-electron chi connectivity index (χ0n) is 14.9. The standard InChI is InChI=1S/C19H26N4O3/c20-8-9-21-17(24)15-4-2-10-23(12-15)19(26)14-3-1-5-16(11-14)22-18(25)13-6-7-13/h1,3,5,11,13,15H,2,4,6-10,12,20H2,(H,21,24)(H,22,25). The molecule has 1 aliphatic heterocycles. The Morgan fingerprint density at radius 2 is 1.92 bits per heavy atom. The second-order valence-electron chi connectivity index (χ2n) is 7.01. The molecule has 4 N–H and O–H groups in total. The number of nitrogens with one attached hydrogen (secondary N) is 2. The highest BCUT2D eigenvalue weighted by Gasteiger charge is 2.30. The largest absolute Gasteiger partial charge is 0.355 e. The van der Waals surface area contributed by atoms with E-state index in [2.05, 4.69) is 10.6 Å². The van der Waals surface area contributed by atoms with Gasteiger partial charge in [-0.25, -0.2) is 0 Å². The summed E-state index contributed by atoms with van der Waals surface area (Å²) >= 11 is 0. The van der Waals surface area contributed by atoms with Gasteiger partial charge in [0.15, 0.2) is 0 Å². The zero-order valence-corrected chi connectivity index (χ0v) is 14.9. The molecule has 2 aliphatic rings. The summed E-state index contributed by atoms with van der Waals surface area (Å²) < 4.78 is 0. The van der Waals surface area contributed by atoms with Crippen LogP contribution in [-0.2, 0) is 9.59 Å². The van der Waals surface area contributed by atoms with Crippen LogP contribution >= 0.6 is 0 Å². The quantitative estimate of drug-likeness (QED) is 0.704. The first kappa shape index (κ1) is 18.4. The van der Waals surface area contributed by atoms with Crippen molar-refractivity contribution in [3.05, 3.63) is 29.8 Å². The van der Waals surface area contributed by atoms with Crippen LogP contribution in [0.2, 0.25) is 0 Å². The zero-order chi connectivity index (χ0) is 18.5. The fourth-order valence-electron chi connectivity index (χ4n) is 3.22. The van der Waals surface area contributed by atoms with Gasteiger partial charge in [0.2, 0.25) is 11.8 Å². The predicted octanol–water partition coefficient (Wildman–Crippen LogP) is 0.962. The third-order valence-electron chi connectivity index (χ3n) is 4.85. The molecule has 2 fully saturated rings. The van der Waals surface area contributed by atoms with Gasteiger partial charge in [-0.15, -0.1) is 0 Å². The van der Waals surface area contributed by atoms with Crippen molar-refractivity contribution < 1.29 is 14.4 Å². The van der Waals surface area contributed by atoms with Gasteiger partial charge >= 0.3 is 0 Å². The number of carbonyl (C=O) groups excluding carboxylic acids is 3. The lowest BCUT2D eigenvalue weighted by Gasteiger charge is -2.32. The molecule has 26 heavy (non-hydrogen) atoms. The first-order valence-corrected chi connectivity index (χ1v) is 9.26. The highest BCUT2D eigenvalue weighted by Crippen LogP contribution is 2.30. The molecular formula is C19H26N4O3. The van der Waals surface area contributed by atoms with Crippen LogP contribution in [-0.4, -0.2) is 48.8 Å². The second-order valence-corrected chi connectivity index (χ2v) is 7.01. The lowest BCUT2D eigenvalue weighted by molar-refractivity contribution is -0.126. The topological polar surface area (TPSA) is 105 Å². The fourth-order valence-corrected chi connectivity index (χ4v) is 3.22. The first-order valence-electron chi connectivity index (χ1n) is 9.26. The number of hydrogen-bond donors (Lipinski definition) is 3. The SMILES string of the molecule is NCCNC(=O)C1CCCN(C(=O)c2cccc(NC(=O)C3CC3)c2)C1. The Kier molecular flexibility index (Phi) is 5.88. The van der Waals surface area contributed by atoms with Crippen LogP contribution in [0.15, 0.2) is 24.3 Å². The number of nitrogens with two attached hydrogens (primary N) is 1. The van der Waals surface area contributed by atoms with E-state index in [9.17, 15) is 14.4 Å². The molecule has 0 aromatic heterocycles. The van der Waals surface area contributed by atoms with Crippen LogP contribution in [0, 0.1) is 11.8 Å². The molecule has 1 unspecified atom stereocenters. The number of benzene rings is 1. The van der Waals surface area contributed by atoms with Gasteiger partial charge in [-0.05, 0) is 43.9 Å². The van der Waals surface area contributed by atoms with Crippen LogP contribution < -0.4 is 16.4 Å². The van der Waals surface area contributed by atoms with E-state index in [0.717, 1.165) is 25.7 Å². The molecule has 1 atom stereocenters. The van der Waals surface area contributed by atoms with E-state index in [0.29, 0.717) is 37.4 Å². The van der Waals surface area contributed by atoms with Crippen LogP contribution in [0.5, 0.6) is 0 Å². The van der Waals surface area contributed by atoms with Gasteiger partial charge in [0.1, 0.15) is 0 Å². The number of piperidine rings is 1. The molecule has 3 rings (SSSR count). The van der Waals surface area contributed by atoms with Gasteiger partial charge in [0.25, 0.3) is 5.91 Å². The summed E-state index contributed by atoms with van der Waals surface area (Å²) in [5, 5.41) is 5.67. The van der Waals surface area contributed by atoms with Gasteiger partial charge in [-0.3, -0.25) is 14.4 Å². The molecule has 1 saturated heterocycles. The summed E-state index contributed by atoms with van der Waals surface area (Å²) in [5.74, 6) is -0.215. The molecule has 7 nitrogen and oxygen atoms in total. The molecular weight excluding hydrogens is 332 g/mol. The lowest BCUT2D eigenvalue weighted by Crippen LogP contribution is -2.46. The molecule has 3 amide bonds. The van der Waals surface area contributed by atoms with Gasteiger partial charge in [-0.2, -0.15) is 0 Å². The van der Waals surface area contributed by atoms with E-state index < -0.39 is 0 Å². The van der Waals surface area contributed by atoms with E-state index in [4.69, 9.17) is 5.73 Å². The van der Waals surface area contributed by atoms with E-state index in [1.165, 1.54) is 0 Å². The number of likely N-dealkylation sites (tertiary alicyclic amines) is 1.